The Morgan fingerprint density at radius 1 is 1.39 bits per heavy atom. The van der Waals surface area contributed by atoms with Gasteiger partial charge in [0.05, 0.1) is 23.8 Å². The fourth-order valence-corrected chi connectivity index (χ4v) is 3.49. The van der Waals surface area contributed by atoms with E-state index in [0.717, 1.165) is 31.5 Å². The van der Waals surface area contributed by atoms with Gasteiger partial charge in [-0.05, 0) is 30.6 Å². The summed E-state index contributed by atoms with van der Waals surface area (Å²) in [6.45, 7) is 10.1. The zero-order valence-corrected chi connectivity index (χ0v) is 14.6. The fraction of sp³-hybridized carbons (Fsp3) is 0.824. The first-order valence-electron chi connectivity index (χ1n) is 8.55. The number of amides is 1. The van der Waals surface area contributed by atoms with Gasteiger partial charge in [0.1, 0.15) is 0 Å². The summed E-state index contributed by atoms with van der Waals surface area (Å²) >= 11 is 0. The van der Waals surface area contributed by atoms with E-state index in [0.29, 0.717) is 12.5 Å². The number of carbonyl (C=O) groups is 1. The fourth-order valence-electron chi connectivity index (χ4n) is 3.49. The molecule has 2 atom stereocenters. The molecular weight excluding hydrogens is 292 g/mol. The standard InChI is InChI=1S/C17H28N4O2/c1-12-8-20(15(23)17(11-22)5-6-17)10-14(12)21-9-13(18-19-21)7-16(2,3)4/h9,12,14,22H,5-8,10-11H2,1-4H3/t12-,14+/m1/s1. The predicted molar refractivity (Wildman–Crippen MR) is 86.7 cm³/mol. The maximum absolute atomic E-state index is 12.6. The summed E-state index contributed by atoms with van der Waals surface area (Å²) < 4.78 is 1.93. The lowest BCUT2D eigenvalue weighted by Gasteiger charge is -2.21. The Bertz CT molecular complexity index is 586. The molecule has 1 aromatic rings. The summed E-state index contributed by atoms with van der Waals surface area (Å²) in [6.07, 6.45) is 4.55. The lowest BCUT2D eigenvalue weighted by atomic mass is 9.91. The van der Waals surface area contributed by atoms with Crippen molar-refractivity contribution >= 4 is 5.91 Å². The SMILES string of the molecule is C[C@@H]1CN(C(=O)C2(CO)CC2)C[C@@H]1n1cc(CC(C)(C)C)nn1. The van der Waals surface area contributed by atoms with Crippen LogP contribution in [0, 0.1) is 16.7 Å². The molecule has 128 valence electrons. The van der Waals surface area contributed by atoms with Gasteiger partial charge in [-0.25, -0.2) is 4.68 Å². The Balaban J connectivity index is 1.68. The molecule has 0 unspecified atom stereocenters. The minimum absolute atomic E-state index is 0.0273. The third kappa shape index (κ3) is 3.27. The molecule has 1 aromatic heterocycles. The summed E-state index contributed by atoms with van der Waals surface area (Å²) in [5, 5.41) is 18.1. The molecule has 1 aliphatic carbocycles. The van der Waals surface area contributed by atoms with Gasteiger partial charge in [-0.1, -0.05) is 32.9 Å². The van der Waals surface area contributed by atoms with E-state index in [-0.39, 0.29) is 24.0 Å². The van der Waals surface area contributed by atoms with Crippen molar-refractivity contribution in [1.29, 1.82) is 0 Å². The van der Waals surface area contributed by atoms with E-state index in [1.165, 1.54) is 0 Å². The van der Waals surface area contributed by atoms with Gasteiger partial charge in [-0.2, -0.15) is 0 Å². The van der Waals surface area contributed by atoms with E-state index in [4.69, 9.17) is 0 Å². The molecule has 6 nitrogen and oxygen atoms in total. The van der Waals surface area contributed by atoms with Gasteiger partial charge in [0.15, 0.2) is 0 Å². The quantitative estimate of drug-likeness (QED) is 0.916. The molecule has 23 heavy (non-hydrogen) atoms. The first-order valence-corrected chi connectivity index (χ1v) is 8.55. The highest BCUT2D eigenvalue weighted by molar-refractivity contribution is 5.85. The third-order valence-electron chi connectivity index (χ3n) is 5.08. The van der Waals surface area contributed by atoms with E-state index in [2.05, 4.69) is 38.0 Å². The normalized spacial score (nSPS) is 26.6. The van der Waals surface area contributed by atoms with Crippen LogP contribution in [0.15, 0.2) is 6.20 Å². The zero-order chi connectivity index (χ0) is 16.8. The van der Waals surface area contributed by atoms with Gasteiger partial charge < -0.3 is 10.0 Å². The van der Waals surface area contributed by atoms with E-state index in [1.807, 2.05) is 15.8 Å². The molecule has 1 N–H and O–H groups in total. The van der Waals surface area contributed by atoms with Crippen LogP contribution in [0.3, 0.4) is 0 Å². The number of hydrogen-bond donors (Lipinski definition) is 1. The average Bonchev–Trinajstić information content (AvgIpc) is 2.99. The number of aliphatic hydroxyl groups excluding tert-OH is 1. The van der Waals surface area contributed by atoms with Crippen molar-refractivity contribution in [2.45, 2.75) is 53.0 Å². The Labute approximate surface area is 137 Å². The molecule has 2 fully saturated rings. The maximum Gasteiger partial charge on any atom is 0.231 e. The van der Waals surface area contributed by atoms with E-state index >= 15 is 0 Å². The van der Waals surface area contributed by atoms with Crippen molar-refractivity contribution in [3.05, 3.63) is 11.9 Å². The Kier molecular flexibility index (Phi) is 3.99. The lowest BCUT2D eigenvalue weighted by molar-refractivity contribution is -0.137. The first-order chi connectivity index (χ1) is 10.7. The molecule has 1 saturated heterocycles. The van der Waals surface area contributed by atoms with Crippen molar-refractivity contribution in [3.8, 4) is 0 Å². The van der Waals surface area contributed by atoms with E-state index < -0.39 is 5.41 Å². The number of hydrogen-bond acceptors (Lipinski definition) is 4. The maximum atomic E-state index is 12.6. The van der Waals surface area contributed by atoms with Crippen LogP contribution in [0.1, 0.15) is 52.3 Å². The first kappa shape index (κ1) is 16.4. The molecule has 2 heterocycles. The summed E-state index contributed by atoms with van der Waals surface area (Å²) in [4.78, 5) is 14.5. The number of aromatic nitrogens is 3. The monoisotopic (exact) mass is 320 g/mol. The van der Waals surface area contributed by atoms with Crippen LogP contribution in [0.4, 0.5) is 0 Å². The summed E-state index contributed by atoms with van der Waals surface area (Å²) in [7, 11) is 0. The van der Waals surface area contributed by atoms with Crippen LogP contribution < -0.4 is 0 Å². The second kappa shape index (κ2) is 5.58. The number of carbonyl (C=O) groups excluding carboxylic acids is 1. The van der Waals surface area contributed by atoms with E-state index in [9.17, 15) is 9.90 Å². The average molecular weight is 320 g/mol. The summed E-state index contributed by atoms with van der Waals surface area (Å²) in [5.74, 6) is 0.460. The minimum atomic E-state index is -0.478. The largest absolute Gasteiger partial charge is 0.395 e. The third-order valence-corrected chi connectivity index (χ3v) is 5.08. The molecule has 0 aromatic carbocycles. The molecule has 6 heteroatoms. The smallest absolute Gasteiger partial charge is 0.231 e. The van der Waals surface area contributed by atoms with Crippen LogP contribution in [0.5, 0.6) is 0 Å². The van der Waals surface area contributed by atoms with Crippen molar-refractivity contribution in [3.63, 3.8) is 0 Å². The van der Waals surface area contributed by atoms with Gasteiger partial charge in [0, 0.05) is 19.3 Å². The van der Waals surface area contributed by atoms with Crippen LogP contribution in [-0.4, -0.2) is 50.6 Å². The van der Waals surface area contributed by atoms with Crippen molar-refractivity contribution < 1.29 is 9.90 Å². The van der Waals surface area contributed by atoms with Crippen molar-refractivity contribution in [2.24, 2.45) is 16.7 Å². The van der Waals surface area contributed by atoms with Gasteiger partial charge in [0.2, 0.25) is 5.91 Å². The minimum Gasteiger partial charge on any atom is -0.395 e. The predicted octanol–water partition coefficient (Wildman–Crippen LogP) is 1.66. The zero-order valence-electron chi connectivity index (χ0n) is 14.6. The molecule has 0 spiro atoms. The number of aliphatic hydroxyl groups is 1. The molecule has 2 aliphatic rings. The van der Waals surface area contributed by atoms with Crippen LogP contribution in [-0.2, 0) is 11.2 Å². The highest BCUT2D eigenvalue weighted by atomic mass is 16.3. The number of nitrogens with zero attached hydrogens (tertiary/aromatic N) is 4. The lowest BCUT2D eigenvalue weighted by Crippen LogP contribution is -2.37. The van der Waals surface area contributed by atoms with Crippen LogP contribution in [0.25, 0.3) is 0 Å². The number of likely N-dealkylation sites (tertiary alicyclic amines) is 1. The van der Waals surface area contributed by atoms with Crippen molar-refractivity contribution in [1.82, 2.24) is 19.9 Å². The molecular formula is C17H28N4O2. The Morgan fingerprint density at radius 3 is 2.65 bits per heavy atom. The van der Waals surface area contributed by atoms with Crippen LogP contribution in [0.2, 0.25) is 0 Å². The van der Waals surface area contributed by atoms with Gasteiger partial charge in [0.25, 0.3) is 0 Å². The van der Waals surface area contributed by atoms with Crippen molar-refractivity contribution in [2.75, 3.05) is 19.7 Å². The highest BCUT2D eigenvalue weighted by Crippen LogP contribution is 2.47. The second-order valence-electron chi connectivity index (χ2n) is 8.62. The molecule has 0 bridgehead atoms. The van der Waals surface area contributed by atoms with Gasteiger partial charge in [-0.15, -0.1) is 5.10 Å². The highest BCUT2D eigenvalue weighted by Gasteiger charge is 2.52. The Hall–Kier alpha value is -1.43. The molecule has 0 radical (unpaired) electrons. The molecule has 3 rings (SSSR count). The van der Waals surface area contributed by atoms with Gasteiger partial charge in [-0.3, -0.25) is 4.79 Å². The summed E-state index contributed by atoms with van der Waals surface area (Å²) in [6, 6.07) is 0.176. The van der Waals surface area contributed by atoms with E-state index in [1.54, 1.807) is 0 Å². The Morgan fingerprint density at radius 2 is 2.09 bits per heavy atom. The van der Waals surface area contributed by atoms with Gasteiger partial charge >= 0.3 is 0 Å². The molecule has 1 amide bonds. The summed E-state index contributed by atoms with van der Waals surface area (Å²) in [5.41, 5.74) is 0.710. The topological polar surface area (TPSA) is 71.2 Å². The number of rotatable bonds is 4. The second-order valence-corrected chi connectivity index (χ2v) is 8.62. The molecule has 1 aliphatic heterocycles. The molecule has 1 saturated carbocycles. The van der Waals surface area contributed by atoms with Crippen LogP contribution >= 0.6 is 0 Å².